The zero-order valence-electron chi connectivity index (χ0n) is 12.6. The lowest BCUT2D eigenvalue weighted by atomic mass is 9.80. The van der Waals surface area contributed by atoms with Gasteiger partial charge in [0, 0.05) is 45.2 Å². The van der Waals surface area contributed by atoms with E-state index in [1.165, 1.54) is 0 Å². The van der Waals surface area contributed by atoms with Crippen molar-refractivity contribution >= 4 is 5.91 Å². The topological polar surface area (TPSA) is 67.6 Å². The highest BCUT2D eigenvalue weighted by Crippen LogP contribution is 2.32. The van der Waals surface area contributed by atoms with Crippen LogP contribution in [-0.2, 0) is 9.53 Å². The van der Waals surface area contributed by atoms with E-state index in [1.807, 2.05) is 6.92 Å². The van der Waals surface area contributed by atoms with E-state index in [2.05, 4.69) is 10.2 Å². The molecule has 1 heterocycles. The minimum atomic E-state index is 0.224. The highest BCUT2D eigenvalue weighted by atomic mass is 16.5. The van der Waals surface area contributed by atoms with Gasteiger partial charge in [-0.2, -0.15) is 0 Å². The summed E-state index contributed by atoms with van der Waals surface area (Å²) in [6.07, 6.45) is 5.28. The van der Waals surface area contributed by atoms with Crippen LogP contribution in [0.15, 0.2) is 0 Å². The largest absolute Gasteiger partial charge is 0.378 e. The molecule has 116 valence electrons. The van der Waals surface area contributed by atoms with Gasteiger partial charge in [-0.1, -0.05) is 0 Å². The summed E-state index contributed by atoms with van der Waals surface area (Å²) in [5, 5.41) is 3.19. The van der Waals surface area contributed by atoms with Crippen LogP contribution in [0, 0.1) is 5.92 Å². The maximum Gasteiger partial charge on any atom is 0.220 e. The monoisotopic (exact) mass is 283 g/mol. The molecule has 0 unspecified atom stereocenters. The first-order valence-corrected chi connectivity index (χ1v) is 8.04. The number of nitrogens with zero attached hydrogens (tertiary/aromatic N) is 1. The second kappa shape index (κ2) is 7.96. The Labute approximate surface area is 122 Å². The fourth-order valence-electron chi connectivity index (χ4n) is 3.25. The Kier molecular flexibility index (Phi) is 6.26. The van der Waals surface area contributed by atoms with Crippen LogP contribution in [0.1, 0.15) is 39.0 Å². The lowest BCUT2D eigenvalue weighted by Gasteiger charge is -2.35. The minimum absolute atomic E-state index is 0.224. The molecule has 0 bridgehead atoms. The minimum Gasteiger partial charge on any atom is -0.378 e. The second-order valence-corrected chi connectivity index (χ2v) is 6.09. The van der Waals surface area contributed by atoms with Crippen molar-refractivity contribution < 1.29 is 9.53 Å². The van der Waals surface area contributed by atoms with Crippen LogP contribution >= 0.6 is 0 Å². The molecule has 5 heteroatoms. The van der Waals surface area contributed by atoms with Crippen molar-refractivity contribution in [2.45, 2.75) is 51.2 Å². The number of carbonyl (C=O) groups excluding carboxylic acids is 1. The van der Waals surface area contributed by atoms with Gasteiger partial charge in [0.25, 0.3) is 0 Å². The van der Waals surface area contributed by atoms with Crippen LogP contribution in [0.3, 0.4) is 0 Å². The summed E-state index contributed by atoms with van der Waals surface area (Å²) in [4.78, 5) is 14.4. The Balaban J connectivity index is 1.57. The molecule has 2 aliphatic rings. The molecule has 0 aromatic heterocycles. The molecule has 0 aromatic rings. The van der Waals surface area contributed by atoms with Gasteiger partial charge in [0.1, 0.15) is 0 Å². The van der Waals surface area contributed by atoms with E-state index < -0.39 is 0 Å². The number of ether oxygens (including phenoxy) is 1. The summed E-state index contributed by atoms with van der Waals surface area (Å²) in [6.45, 7) is 6.61. The number of hydrogen-bond donors (Lipinski definition) is 2. The molecule has 1 saturated carbocycles. The summed E-state index contributed by atoms with van der Waals surface area (Å²) in [5.41, 5.74) is 5.56. The molecule has 1 saturated heterocycles. The number of carbonyl (C=O) groups is 1. The van der Waals surface area contributed by atoms with Gasteiger partial charge in [-0.3, -0.25) is 4.79 Å². The van der Waals surface area contributed by atoms with Crippen LogP contribution in [-0.4, -0.2) is 55.7 Å². The number of amides is 1. The average Bonchev–Trinajstić information content (AvgIpc) is 2.39. The van der Waals surface area contributed by atoms with Gasteiger partial charge in [-0.25, -0.2) is 0 Å². The van der Waals surface area contributed by atoms with Crippen molar-refractivity contribution in [2.75, 3.05) is 32.8 Å². The molecule has 20 heavy (non-hydrogen) atoms. The van der Waals surface area contributed by atoms with Crippen molar-refractivity contribution in [3.05, 3.63) is 0 Å². The third-order valence-electron chi connectivity index (χ3n) is 4.47. The van der Waals surface area contributed by atoms with Crippen LogP contribution in [0.25, 0.3) is 0 Å². The van der Waals surface area contributed by atoms with Crippen molar-refractivity contribution in [3.63, 3.8) is 0 Å². The van der Waals surface area contributed by atoms with Crippen LogP contribution in [0.5, 0.6) is 0 Å². The van der Waals surface area contributed by atoms with E-state index >= 15 is 0 Å². The first-order valence-electron chi connectivity index (χ1n) is 8.04. The zero-order valence-corrected chi connectivity index (χ0v) is 12.6. The van der Waals surface area contributed by atoms with E-state index in [0.717, 1.165) is 58.5 Å². The number of rotatable bonds is 7. The molecule has 0 atom stereocenters. The maximum absolute atomic E-state index is 12.0. The third kappa shape index (κ3) is 4.72. The smallest absolute Gasteiger partial charge is 0.220 e. The number of nitrogens with one attached hydrogen (secondary N) is 1. The standard InChI is InChI=1S/C15H29N3O2/c1-2-20-14-9-12(10-14)11-15(19)17-13-3-6-18(7-4-13)8-5-16/h12-14H,2-11,16H2,1H3,(H,17,19). The zero-order chi connectivity index (χ0) is 14.4. The molecular formula is C15H29N3O2. The summed E-state index contributed by atoms with van der Waals surface area (Å²) in [6, 6.07) is 0.360. The van der Waals surface area contributed by atoms with E-state index in [9.17, 15) is 4.79 Å². The van der Waals surface area contributed by atoms with Crippen molar-refractivity contribution in [1.82, 2.24) is 10.2 Å². The lowest BCUT2D eigenvalue weighted by Crippen LogP contribution is -2.46. The molecule has 2 fully saturated rings. The summed E-state index contributed by atoms with van der Waals surface area (Å²) in [7, 11) is 0. The average molecular weight is 283 g/mol. The molecule has 0 radical (unpaired) electrons. The Morgan fingerprint density at radius 2 is 2.05 bits per heavy atom. The van der Waals surface area contributed by atoms with Crippen LogP contribution in [0.4, 0.5) is 0 Å². The fourth-order valence-corrected chi connectivity index (χ4v) is 3.25. The van der Waals surface area contributed by atoms with Gasteiger partial charge in [-0.15, -0.1) is 0 Å². The second-order valence-electron chi connectivity index (χ2n) is 6.09. The van der Waals surface area contributed by atoms with Crippen molar-refractivity contribution in [2.24, 2.45) is 11.7 Å². The normalized spacial score (nSPS) is 28.1. The summed E-state index contributed by atoms with van der Waals surface area (Å²) >= 11 is 0. The van der Waals surface area contributed by atoms with Gasteiger partial charge in [0.05, 0.1) is 6.10 Å². The number of hydrogen-bond acceptors (Lipinski definition) is 4. The number of piperidine rings is 1. The Hall–Kier alpha value is -0.650. The SMILES string of the molecule is CCOC1CC(CC(=O)NC2CCN(CCN)CC2)C1. The van der Waals surface area contributed by atoms with Crippen molar-refractivity contribution in [1.29, 1.82) is 0 Å². The first kappa shape index (κ1) is 15.7. The first-order chi connectivity index (χ1) is 9.71. The molecule has 0 spiro atoms. The quantitative estimate of drug-likeness (QED) is 0.723. The van der Waals surface area contributed by atoms with Gasteiger partial charge >= 0.3 is 0 Å². The Morgan fingerprint density at radius 1 is 1.35 bits per heavy atom. The van der Waals surface area contributed by atoms with Gasteiger partial charge in [0.15, 0.2) is 0 Å². The lowest BCUT2D eigenvalue weighted by molar-refractivity contribution is -0.125. The number of likely N-dealkylation sites (tertiary alicyclic amines) is 1. The maximum atomic E-state index is 12.0. The van der Waals surface area contributed by atoms with E-state index in [4.69, 9.17) is 10.5 Å². The van der Waals surface area contributed by atoms with Crippen molar-refractivity contribution in [3.8, 4) is 0 Å². The summed E-state index contributed by atoms with van der Waals surface area (Å²) in [5.74, 6) is 0.756. The Morgan fingerprint density at radius 3 is 2.65 bits per heavy atom. The predicted molar refractivity (Wildman–Crippen MR) is 79.4 cm³/mol. The highest BCUT2D eigenvalue weighted by Gasteiger charge is 2.31. The molecule has 1 amide bonds. The van der Waals surface area contributed by atoms with E-state index in [1.54, 1.807) is 0 Å². The molecular weight excluding hydrogens is 254 g/mol. The van der Waals surface area contributed by atoms with Gasteiger partial charge < -0.3 is 20.7 Å². The highest BCUT2D eigenvalue weighted by molar-refractivity contribution is 5.76. The van der Waals surface area contributed by atoms with Crippen LogP contribution in [0.2, 0.25) is 0 Å². The van der Waals surface area contributed by atoms with Gasteiger partial charge in [0.2, 0.25) is 5.91 Å². The molecule has 3 N–H and O–H groups in total. The number of nitrogens with two attached hydrogens (primary N) is 1. The molecule has 1 aliphatic carbocycles. The molecule has 5 nitrogen and oxygen atoms in total. The van der Waals surface area contributed by atoms with E-state index in [0.29, 0.717) is 24.5 Å². The third-order valence-corrected chi connectivity index (χ3v) is 4.47. The van der Waals surface area contributed by atoms with E-state index in [-0.39, 0.29) is 5.91 Å². The Bertz CT molecular complexity index is 297. The van der Waals surface area contributed by atoms with Gasteiger partial charge in [-0.05, 0) is 38.5 Å². The molecule has 2 rings (SSSR count). The fraction of sp³-hybridized carbons (Fsp3) is 0.933. The predicted octanol–water partition coefficient (Wildman–Crippen LogP) is 0.731. The molecule has 0 aromatic carbocycles. The molecule has 1 aliphatic heterocycles. The summed E-state index contributed by atoms with van der Waals surface area (Å²) < 4.78 is 5.53. The van der Waals surface area contributed by atoms with Crippen LogP contribution < -0.4 is 11.1 Å².